The third-order valence-corrected chi connectivity index (χ3v) is 5.43. The summed E-state index contributed by atoms with van der Waals surface area (Å²) >= 11 is 0. The molecule has 26 heavy (non-hydrogen) atoms. The normalized spacial score (nSPS) is 28.8. The van der Waals surface area contributed by atoms with Crippen molar-refractivity contribution in [2.75, 3.05) is 6.61 Å². The molecule has 1 aliphatic rings. The highest BCUT2D eigenvalue weighted by atomic mass is 31.3. The second-order valence-corrected chi connectivity index (χ2v) is 8.18. The van der Waals surface area contributed by atoms with Gasteiger partial charge in [0, 0.05) is 18.2 Å². The molecule has 0 aliphatic carbocycles. The number of rotatable bonds is 6. The highest BCUT2D eigenvalue weighted by Crippen LogP contribution is 2.58. The Morgan fingerprint density at radius 2 is 2.04 bits per heavy atom. The molecular formula is C10H14F2N2O10P2. The Hall–Kier alpha value is -1.24. The minimum absolute atomic E-state index is 0.0612. The van der Waals surface area contributed by atoms with E-state index in [9.17, 15) is 27.5 Å². The minimum atomic E-state index is -5.44. The molecule has 2 heterocycles. The van der Waals surface area contributed by atoms with E-state index in [1.807, 2.05) is 4.98 Å². The molecule has 16 heteroatoms. The summed E-state index contributed by atoms with van der Waals surface area (Å²) in [5, 5.41) is 0. The van der Waals surface area contributed by atoms with E-state index in [-0.39, 0.29) is 5.56 Å². The van der Waals surface area contributed by atoms with Gasteiger partial charge in [-0.3, -0.25) is 18.9 Å². The van der Waals surface area contributed by atoms with Gasteiger partial charge in [-0.25, -0.2) is 22.7 Å². The predicted molar refractivity (Wildman–Crippen MR) is 78.4 cm³/mol. The average Bonchev–Trinajstić information content (AvgIpc) is 2.75. The van der Waals surface area contributed by atoms with Gasteiger partial charge in [-0.2, -0.15) is 4.31 Å². The van der Waals surface area contributed by atoms with E-state index in [0.29, 0.717) is 0 Å². The Kier molecular flexibility index (Phi) is 5.72. The van der Waals surface area contributed by atoms with Crippen LogP contribution in [0.15, 0.2) is 15.8 Å². The Labute approximate surface area is 143 Å². The van der Waals surface area contributed by atoms with Gasteiger partial charge in [-0.05, 0) is 6.92 Å². The molecule has 0 spiro atoms. The van der Waals surface area contributed by atoms with Gasteiger partial charge >= 0.3 is 21.3 Å². The van der Waals surface area contributed by atoms with Gasteiger partial charge in [-0.15, -0.1) is 0 Å². The quantitative estimate of drug-likeness (QED) is 0.456. The summed E-state index contributed by atoms with van der Waals surface area (Å²) in [7, 11) is -10.9. The number of aryl methyl sites for hydroxylation is 1. The summed E-state index contributed by atoms with van der Waals surface area (Å²) in [5.74, 6) is -3.31. The lowest BCUT2D eigenvalue weighted by atomic mass is 10.2. The van der Waals surface area contributed by atoms with Crippen LogP contribution in [0.5, 0.6) is 0 Å². The lowest BCUT2D eigenvalue weighted by molar-refractivity contribution is -0.193. The molecular weight excluding hydrogens is 408 g/mol. The Balaban J connectivity index is 2.16. The smallest absolute Gasteiger partial charge is 0.317 e. The molecule has 0 aromatic carbocycles. The van der Waals surface area contributed by atoms with Crippen LogP contribution in [0, 0.1) is 6.92 Å². The number of hydrogen-bond acceptors (Lipinski definition) is 7. The lowest BCUT2D eigenvalue weighted by Gasteiger charge is -2.23. The third-order valence-electron chi connectivity index (χ3n) is 3.30. The molecule has 12 nitrogen and oxygen atoms in total. The molecule has 0 amide bonds. The number of nitrogens with one attached hydrogen (secondary N) is 1. The Morgan fingerprint density at radius 1 is 1.42 bits per heavy atom. The fourth-order valence-corrected chi connectivity index (χ4v) is 3.73. The molecule has 1 aromatic rings. The number of aromatic amines is 1. The van der Waals surface area contributed by atoms with Crippen molar-refractivity contribution in [3.63, 3.8) is 0 Å². The fourth-order valence-electron chi connectivity index (χ4n) is 2.12. The van der Waals surface area contributed by atoms with Crippen molar-refractivity contribution < 1.29 is 46.2 Å². The van der Waals surface area contributed by atoms with Gasteiger partial charge < -0.3 is 19.4 Å². The molecule has 0 saturated carbocycles. The number of hydrogen-bond donors (Lipinski definition) is 4. The van der Waals surface area contributed by atoms with E-state index in [4.69, 9.17) is 19.4 Å². The summed E-state index contributed by atoms with van der Waals surface area (Å²) in [5.41, 5.74) is -1.64. The molecule has 2 rings (SSSR count). The van der Waals surface area contributed by atoms with E-state index in [0.717, 1.165) is 10.8 Å². The largest absolute Gasteiger partial charge is 0.481 e. The topological polar surface area (TPSA) is 177 Å². The molecule has 4 N–H and O–H groups in total. The van der Waals surface area contributed by atoms with Crippen molar-refractivity contribution in [1.82, 2.24) is 9.55 Å². The number of H-pyrrole nitrogens is 1. The number of halogens is 2. The maximum atomic E-state index is 14.5. The summed E-state index contributed by atoms with van der Waals surface area (Å²) in [6.07, 6.45) is -3.64. The standard InChI is InChI=1S/C10H14F2N2O10P2/c1-5-3-14(9(16)13-8(5)15)7-2-6(11)10(12,23-7)4-22-26(20,21)24-25(17,18)19/h3,6-7H,2,4H2,1H3,(H,20,21)(H,13,15,16)(H2,17,18,19)/t6-,7+,10+/m0/s1. The zero-order chi connectivity index (χ0) is 19.9. The van der Waals surface area contributed by atoms with Crippen molar-refractivity contribution in [3.8, 4) is 0 Å². The van der Waals surface area contributed by atoms with Crippen LogP contribution in [0.25, 0.3) is 0 Å². The molecule has 1 aromatic heterocycles. The van der Waals surface area contributed by atoms with Crippen LogP contribution in [0.4, 0.5) is 8.78 Å². The van der Waals surface area contributed by atoms with Gasteiger partial charge in [-0.1, -0.05) is 0 Å². The lowest BCUT2D eigenvalue weighted by Crippen LogP contribution is -2.38. The van der Waals surface area contributed by atoms with Gasteiger partial charge in [0.25, 0.3) is 11.4 Å². The monoisotopic (exact) mass is 422 g/mol. The SMILES string of the molecule is Cc1cn([C@H]2C[C@H](F)[C@@](F)(COP(=O)(O)OP(=O)(O)O)O2)c(=O)[nH]c1=O. The van der Waals surface area contributed by atoms with Crippen LogP contribution in [-0.4, -0.2) is 42.9 Å². The molecule has 1 saturated heterocycles. The first-order chi connectivity index (χ1) is 11.7. The molecule has 4 atom stereocenters. The maximum Gasteiger partial charge on any atom is 0.481 e. The summed E-state index contributed by atoms with van der Waals surface area (Å²) in [6.45, 7) is -0.223. The Bertz CT molecular complexity index is 897. The van der Waals surface area contributed by atoms with Crippen molar-refractivity contribution in [2.45, 2.75) is 31.6 Å². The van der Waals surface area contributed by atoms with Crippen molar-refractivity contribution >= 4 is 15.6 Å². The number of phosphoric ester groups is 1. The average molecular weight is 422 g/mol. The summed E-state index contributed by atoms with van der Waals surface area (Å²) in [4.78, 5) is 50.9. The van der Waals surface area contributed by atoms with Crippen molar-refractivity contribution in [1.29, 1.82) is 0 Å². The van der Waals surface area contributed by atoms with Crippen LogP contribution in [0.1, 0.15) is 18.2 Å². The van der Waals surface area contributed by atoms with Crippen LogP contribution in [0.2, 0.25) is 0 Å². The first-order valence-corrected chi connectivity index (χ1v) is 9.82. The maximum absolute atomic E-state index is 14.5. The van der Waals surface area contributed by atoms with Crippen LogP contribution < -0.4 is 11.2 Å². The number of alkyl halides is 2. The van der Waals surface area contributed by atoms with Gasteiger partial charge in [0.05, 0.1) is 0 Å². The summed E-state index contributed by atoms with van der Waals surface area (Å²) in [6, 6.07) is 0. The number of nitrogens with zero attached hydrogens (tertiary/aromatic N) is 1. The highest BCUT2D eigenvalue weighted by molar-refractivity contribution is 7.60. The second-order valence-electron chi connectivity index (χ2n) is 5.35. The van der Waals surface area contributed by atoms with Crippen LogP contribution in [-0.2, 0) is 22.7 Å². The predicted octanol–water partition coefficient (Wildman–Crippen LogP) is -0.00588. The molecule has 1 aliphatic heterocycles. The van der Waals surface area contributed by atoms with Gasteiger partial charge in [0.2, 0.25) is 0 Å². The third kappa shape index (κ3) is 4.93. The molecule has 148 valence electrons. The molecule has 1 fully saturated rings. The van der Waals surface area contributed by atoms with Crippen molar-refractivity contribution in [3.05, 3.63) is 32.6 Å². The van der Waals surface area contributed by atoms with Crippen molar-refractivity contribution in [2.24, 2.45) is 0 Å². The van der Waals surface area contributed by atoms with E-state index < -0.39 is 58.2 Å². The van der Waals surface area contributed by atoms with Gasteiger partial charge in [0.15, 0.2) is 6.17 Å². The Morgan fingerprint density at radius 3 is 2.62 bits per heavy atom. The fraction of sp³-hybridized carbons (Fsp3) is 0.600. The van der Waals surface area contributed by atoms with E-state index in [1.165, 1.54) is 6.92 Å². The van der Waals surface area contributed by atoms with Crippen LogP contribution in [0.3, 0.4) is 0 Å². The van der Waals surface area contributed by atoms with E-state index >= 15 is 0 Å². The van der Waals surface area contributed by atoms with Gasteiger partial charge in [0.1, 0.15) is 12.8 Å². The number of phosphoric acid groups is 2. The molecule has 0 bridgehead atoms. The van der Waals surface area contributed by atoms with E-state index in [2.05, 4.69) is 8.83 Å². The zero-order valence-corrected chi connectivity index (χ0v) is 14.7. The minimum Gasteiger partial charge on any atom is -0.317 e. The molecule has 0 radical (unpaired) electrons. The van der Waals surface area contributed by atoms with Crippen LogP contribution >= 0.6 is 15.6 Å². The first-order valence-electron chi connectivity index (χ1n) is 6.79. The highest BCUT2D eigenvalue weighted by Gasteiger charge is 2.53. The summed E-state index contributed by atoms with van der Waals surface area (Å²) < 4.78 is 63.3. The number of ether oxygens (including phenoxy) is 1. The second kappa shape index (κ2) is 7.06. The van der Waals surface area contributed by atoms with E-state index in [1.54, 1.807) is 0 Å². The number of aromatic nitrogens is 2. The molecule has 1 unspecified atom stereocenters. The first kappa shape index (κ1) is 21.1. The zero-order valence-electron chi connectivity index (χ0n) is 12.9.